The van der Waals surface area contributed by atoms with Crippen LogP contribution < -0.4 is 0 Å². The van der Waals surface area contributed by atoms with Gasteiger partial charge in [-0.05, 0) is 32.8 Å². The van der Waals surface area contributed by atoms with Crippen molar-refractivity contribution in [3.8, 4) is 0 Å². The van der Waals surface area contributed by atoms with Gasteiger partial charge in [-0.2, -0.15) is 0 Å². The third-order valence-corrected chi connectivity index (χ3v) is 2.41. The van der Waals surface area contributed by atoms with Crippen molar-refractivity contribution in [2.75, 3.05) is 6.61 Å². The highest BCUT2D eigenvalue weighted by molar-refractivity contribution is 5.96. The summed E-state index contributed by atoms with van der Waals surface area (Å²) in [6.07, 6.45) is 2.63. The van der Waals surface area contributed by atoms with E-state index in [1.165, 1.54) is 6.92 Å². The van der Waals surface area contributed by atoms with Gasteiger partial charge in [0.15, 0.2) is 5.78 Å². The average molecular weight is 223 g/mol. The fourth-order valence-electron chi connectivity index (χ4n) is 1.74. The van der Waals surface area contributed by atoms with E-state index in [-0.39, 0.29) is 11.8 Å². The van der Waals surface area contributed by atoms with Crippen LogP contribution in [0.3, 0.4) is 0 Å². The molecule has 4 heteroatoms. The van der Waals surface area contributed by atoms with Gasteiger partial charge < -0.3 is 9.72 Å². The summed E-state index contributed by atoms with van der Waals surface area (Å²) in [5.74, 6) is -0.200. The number of aromatic nitrogens is 1. The van der Waals surface area contributed by atoms with Crippen LogP contribution in [0.1, 0.15) is 41.9 Å². The first-order valence-corrected chi connectivity index (χ1v) is 5.39. The Labute approximate surface area is 95.0 Å². The highest BCUT2D eigenvalue weighted by Gasteiger charge is 2.13. The lowest BCUT2D eigenvalue weighted by molar-refractivity contribution is -0.143. The van der Waals surface area contributed by atoms with Crippen molar-refractivity contribution in [1.29, 1.82) is 0 Å². The number of nitrogens with one attached hydrogen (secondary N) is 1. The van der Waals surface area contributed by atoms with Crippen LogP contribution in [0.25, 0.3) is 0 Å². The van der Waals surface area contributed by atoms with Gasteiger partial charge in [-0.15, -0.1) is 0 Å². The molecule has 0 bridgehead atoms. The van der Waals surface area contributed by atoms with Gasteiger partial charge in [0.2, 0.25) is 0 Å². The standard InChI is InChI=1S/C12H17NO3/c1-4-16-11(15)6-5-10-7-13-8(2)12(10)9(3)14/h7,13H,4-6H2,1-3H3. The Morgan fingerprint density at radius 3 is 2.69 bits per heavy atom. The third kappa shape index (κ3) is 2.95. The van der Waals surface area contributed by atoms with E-state index in [0.29, 0.717) is 25.0 Å². The maximum atomic E-state index is 11.4. The number of aryl methyl sites for hydroxylation is 2. The number of ether oxygens (including phenoxy) is 1. The van der Waals surface area contributed by atoms with Crippen molar-refractivity contribution in [3.63, 3.8) is 0 Å². The molecule has 0 spiro atoms. The number of ketones is 1. The fourth-order valence-corrected chi connectivity index (χ4v) is 1.74. The molecule has 0 radical (unpaired) electrons. The number of esters is 1. The van der Waals surface area contributed by atoms with Gasteiger partial charge in [0.1, 0.15) is 0 Å². The van der Waals surface area contributed by atoms with Crippen LogP contribution >= 0.6 is 0 Å². The second kappa shape index (κ2) is 5.49. The van der Waals surface area contributed by atoms with Crippen LogP contribution in [-0.4, -0.2) is 23.3 Å². The zero-order valence-electron chi connectivity index (χ0n) is 9.92. The van der Waals surface area contributed by atoms with Crippen molar-refractivity contribution in [3.05, 3.63) is 23.0 Å². The number of carbonyl (C=O) groups is 2. The molecule has 0 atom stereocenters. The molecule has 16 heavy (non-hydrogen) atoms. The van der Waals surface area contributed by atoms with Gasteiger partial charge in [-0.25, -0.2) is 0 Å². The Kier molecular flexibility index (Phi) is 4.28. The van der Waals surface area contributed by atoms with Crippen LogP contribution in [0.15, 0.2) is 6.20 Å². The first kappa shape index (κ1) is 12.5. The molecule has 0 fully saturated rings. The van der Waals surface area contributed by atoms with Crippen LogP contribution in [-0.2, 0) is 16.0 Å². The maximum absolute atomic E-state index is 11.4. The third-order valence-electron chi connectivity index (χ3n) is 2.41. The largest absolute Gasteiger partial charge is 0.466 e. The summed E-state index contributed by atoms with van der Waals surface area (Å²) < 4.78 is 4.84. The topological polar surface area (TPSA) is 59.2 Å². The molecule has 0 amide bonds. The van der Waals surface area contributed by atoms with Crippen LogP contribution in [0.5, 0.6) is 0 Å². The Morgan fingerprint density at radius 1 is 1.44 bits per heavy atom. The summed E-state index contributed by atoms with van der Waals surface area (Å²) in [4.78, 5) is 25.6. The summed E-state index contributed by atoms with van der Waals surface area (Å²) >= 11 is 0. The van der Waals surface area contributed by atoms with E-state index in [1.807, 2.05) is 6.92 Å². The lowest BCUT2D eigenvalue weighted by atomic mass is 10.0. The predicted molar refractivity (Wildman–Crippen MR) is 60.5 cm³/mol. The maximum Gasteiger partial charge on any atom is 0.306 e. The average Bonchev–Trinajstić information content (AvgIpc) is 2.57. The van der Waals surface area contributed by atoms with E-state index in [2.05, 4.69) is 4.98 Å². The second-order valence-electron chi connectivity index (χ2n) is 3.68. The number of H-pyrrole nitrogens is 1. The molecule has 88 valence electrons. The molecule has 0 aliphatic heterocycles. The number of hydrogen-bond acceptors (Lipinski definition) is 3. The Balaban J connectivity index is 2.67. The minimum absolute atomic E-state index is 0.0256. The summed E-state index contributed by atoms with van der Waals surface area (Å²) in [6, 6.07) is 0. The molecular weight excluding hydrogens is 206 g/mol. The van der Waals surface area contributed by atoms with Crippen molar-refractivity contribution in [2.45, 2.75) is 33.6 Å². The zero-order valence-corrected chi connectivity index (χ0v) is 9.92. The zero-order chi connectivity index (χ0) is 12.1. The van der Waals surface area contributed by atoms with Crippen molar-refractivity contribution in [2.24, 2.45) is 0 Å². The lowest BCUT2D eigenvalue weighted by Crippen LogP contribution is -2.06. The van der Waals surface area contributed by atoms with Crippen molar-refractivity contribution < 1.29 is 14.3 Å². The number of aromatic amines is 1. The number of hydrogen-bond donors (Lipinski definition) is 1. The Bertz CT molecular complexity index is 393. The molecule has 1 aromatic rings. The van der Waals surface area contributed by atoms with E-state index in [0.717, 1.165) is 11.3 Å². The second-order valence-corrected chi connectivity index (χ2v) is 3.68. The molecule has 4 nitrogen and oxygen atoms in total. The van der Waals surface area contributed by atoms with E-state index in [4.69, 9.17) is 4.74 Å². The molecule has 0 aromatic carbocycles. The molecule has 1 heterocycles. The minimum Gasteiger partial charge on any atom is -0.466 e. The van der Waals surface area contributed by atoms with Gasteiger partial charge in [-0.3, -0.25) is 9.59 Å². The normalized spacial score (nSPS) is 10.2. The highest BCUT2D eigenvalue weighted by Crippen LogP contribution is 2.16. The highest BCUT2D eigenvalue weighted by atomic mass is 16.5. The molecule has 0 aliphatic carbocycles. The quantitative estimate of drug-likeness (QED) is 0.613. The van der Waals surface area contributed by atoms with Crippen molar-refractivity contribution in [1.82, 2.24) is 4.98 Å². The molecular formula is C12H17NO3. The Hall–Kier alpha value is -1.58. The fraction of sp³-hybridized carbons (Fsp3) is 0.500. The SMILES string of the molecule is CCOC(=O)CCc1c[nH]c(C)c1C(C)=O. The molecule has 1 rings (SSSR count). The molecule has 0 aliphatic rings. The first-order valence-electron chi connectivity index (χ1n) is 5.39. The van der Waals surface area contributed by atoms with Gasteiger partial charge in [0.05, 0.1) is 6.61 Å². The minimum atomic E-state index is -0.226. The van der Waals surface area contributed by atoms with Gasteiger partial charge in [0, 0.05) is 23.9 Å². The van der Waals surface area contributed by atoms with Crippen molar-refractivity contribution >= 4 is 11.8 Å². The number of rotatable bonds is 5. The van der Waals surface area contributed by atoms with Gasteiger partial charge in [-0.1, -0.05) is 0 Å². The summed E-state index contributed by atoms with van der Waals surface area (Å²) in [7, 11) is 0. The Morgan fingerprint density at radius 2 is 2.12 bits per heavy atom. The van der Waals surface area contributed by atoms with Crippen LogP contribution in [0, 0.1) is 6.92 Å². The van der Waals surface area contributed by atoms with Gasteiger partial charge in [0.25, 0.3) is 0 Å². The monoisotopic (exact) mass is 223 g/mol. The molecule has 0 unspecified atom stereocenters. The van der Waals surface area contributed by atoms with Gasteiger partial charge >= 0.3 is 5.97 Å². The summed E-state index contributed by atoms with van der Waals surface area (Å²) in [6.45, 7) is 5.55. The van der Waals surface area contributed by atoms with E-state index < -0.39 is 0 Å². The number of carbonyl (C=O) groups excluding carboxylic acids is 2. The van der Waals surface area contributed by atoms with Crippen LogP contribution in [0.2, 0.25) is 0 Å². The molecule has 1 aromatic heterocycles. The van der Waals surface area contributed by atoms with E-state index in [9.17, 15) is 9.59 Å². The molecule has 0 saturated heterocycles. The number of Topliss-reactive ketones (excluding diaryl/α,β-unsaturated/α-hetero) is 1. The molecule has 1 N–H and O–H groups in total. The lowest BCUT2D eigenvalue weighted by Gasteiger charge is -2.02. The van der Waals surface area contributed by atoms with E-state index in [1.54, 1.807) is 13.1 Å². The predicted octanol–water partition coefficient (Wildman–Crippen LogP) is 2.02. The van der Waals surface area contributed by atoms with E-state index >= 15 is 0 Å². The smallest absolute Gasteiger partial charge is 0.306 e. The molecule has 0 saturated carbocycles. The summed E-state index contributed by atoms with van der Waals surface area (Å²) in [5, 5.41) is 0. The summed E-state index contributed by atoms with van der Waals surface area (Å²) in [5.41, 5.74) is 2.44. The van der Waals surface area contributed by atoms with Crippen LogP contribution in [0.4, 0.5) is 0 Å². The first-order chi connectivity index (χ1) is 7.56.